The molecule has 0 bridgehead atoms. The number of aliphatic hydroxyl groups is 1. The zero-order chi connectivity index (χ0) is 23.1. The van der Waals surface area contributed by atoms with Gasteiger partial charge in [-0.3, -0.25) is 9.59 Å². The van der Waals surface area contributed by atoms with Gasteiger partial charge in [-0.1, -0.05) is 19.4 Å². The van der Waals surface area contributed by atoms with E-state index < -0.39 is 23.5 Å². The number of Topliss-reactive ketones (excluding diaryl/α,β-unsaturated/α-hetero) is 1. The molecule has 0 spiro atoms. The molecule has 1 aliphatic rings. The van der Waals surface area contributed by atoms with E-state index in [9.17, 15) is 14.7 Å². The lowest BCUT2D eigenvalue weighted by Gasteiger charge is -2.27. The van der Waals surface area contributed by atoms with Gasteiger partial charge in [-0.2, -0.15) is 0 Å². The van der Waals surface area contributed by atoms with Crippen LogP contribution in [0.5, 0.6) is 11.5 Å². The first-order valence-electron chi connectivity index (χ1n) is 10.7. The second-order valence-corrected chi connectivity index (χ2v) is 7.30. The summed E-state index contributed by atoms with van der Waals surface area (Å²) in [6, 6.07) is 7.54. The van der Waals surface area contributed by atoms with Crippen molar-refractivity contribution < 1.29 is 33.3 Å². The number of carbonyl (C=O) groups is 2. The molecule has 1 N–H and O–H groups in total. The maximum atomic E-state index is 13.1. The number of aliphatic hydroxyl groups excluding tert-OH is 1. The molecule has 8 heteroatoms. The normalized spacial score (nSPS) is 16.0. The highest BCUT2D eigenvalue weighted by molar-refractivity contribution is 6.15. The van der Waals surface area contributed by atoms with E-state index in [1.165, 1.54) is 24.3 Å². The molecule has 2 heterocycles. The number of carbonyl (C=O) groups excluding carboxylic acids is 2. The summed E-state index contributed by atoms with van der Waals surface area (Å²) in [5.41, 5.74) is 0.572. The monoisotopic (exact) mass is 443 g/mol. The molecule has 32 heavy (non-hydrogen) atoms. The van der Waals surface area contributed by atoms with E-state index in [0.29, 0.717) is 30.3 Å². The highest BCUT2D eigenvalue weighted by atomic mass is 16.5. The van der Waals surface area contributed by atoms with Crippen molar-refractivity contribution in [3.63, 3.8) is 0 Å². The van der Waals surface area contributed by atoms with E-state index in [-0.39, 0.29) is 24.5 Å². The predicted octanol–water partition coefficient (Wildman–Crippen LogP) is 4.08. The van der Waals surface area contributed by atoms with E-state index in [1.807, 2.05) is 6.92 Å². The van der Waals surface area contributed by atoms with Crippen molar-refractivity contribution >= 4 is 11.7 Å². The largest absolute Gasteiger partial charge is 0.503 e. The van der Waals surface area contributed by atoms with Gasteiger partial charge in [0.05, 0.1) is 37.7 Å². The minimum atomic E-state index is -0.820. The summed E-state index contributed by atoms with van der Waals surface area (Å²) in [7, 11) is 1.52. The standard InChI is InChI=1S/C24H29NO7/c1-4-6-12-31-17-10-9-16(15-19(17)30-5-2)21-20(22(26)18-8-7-13-32-18)23(27)24(28)25(21)11-14-29-3/h7-10,13,15,21,27H,4-6,11-12,14H2,1-3H3. The van der Waals surface area contributed by atoms with Gasteiger partial charge in [0.25, 0.3) is 5.91 Å². The minimum absolute atomic E-state index is 0.0387. The average molecular weight is 443 g/mol. The fraction of sp³-hybridized carbons (Fsp3) is 0.417. The molecule has 8 nitrogen and oxygen atoms in total. The highest BCUT2D eigenvalue weighted by Crippen LogP contribution is 2.41. The SMILES string of the molecule is CCCCOc1ccc(C2C(C(=O)c3ccco3)=C(O)C(=O)N2CCOC)cc1OCC. The van der Waals surface area contributed by atoms with Gasteiger partial charge in [-0.25, -0.2) is 0 Å². The Labute approximate surface area is 187 Å². The molecule has 1 amide bonds. The molecule has 0 aliphatic carbocycles. The van der Waals surface area contributed by atoms with Gasteiger partial charge in [0.1, 0.15) is 0 Å². The van der Waals surface area contributed by atoms with Gasteiger partial charge in [0.15, 0.2) is 23.0 Å². The van der Waals surface area contributed by atoms with Gasteiger partial charge in [-0.15, -0.1) is 0 Å². The second-order valence-electron chi connectivity index (χ2n) is 7.30. The number of furan rings is 1. The third-order valence-corrected chi connectivity index (χ3v) is 5.17. The Bertz CT molecular complexity index is 965. The van der Waals surface area contributed by atoms with Crippen LogP contribution >= 0.6 is 0 Å². The molecular weight excluding hydrogens is 414 g/mol. The number of ether oxygens (including phenoxy) is 3. The molecule has 0 radical (unpaired) electrons. The molecule has 1 atom stereocenters. The lowest BCUT2D eigenvalue weighted by molar-refractivity contribution is -0.130. The Morgan fingerprint density at radius 1 is 1.16 bits per heavy atom. The number of hydrogen-bond donors (Lipinski definition) is 1. The van der Waals surface area contributed by atoms with Gasteiger partial charge in [-0.05, 0) is 43.2 Å². The average Bonchev–Trinajstić information content (AvgIpc) is 3.41. The zero-order valence-electron chi connectivity index (χ0n) is 18.6. The smallest absolute Gasteiger partial charge is 0.290 e. The van der Waals surface area contributed by atoms with Crippen LogP contribution in [0.3, 0.4) is 0 Å². The van der Waals surface area contributed by atoms with Crippen LogP contribution in [0.2, 0.25) is 0 Å². The summed E-state index contributed by atoms with van der Waals surface area (Å²) in [6.45, 7) is 5.36. The number of amides is 1. The Morgan fingerprint density at radius 3 is 2.62 bits per heavy atom. The number of ketones is 1. The number of rotatable bonds is 12. The van der Waals surface area contributed by atoms with Crippen LogP contribution in [-0.4, -0.2) is 55.2 Å². The summed E-state index contributed by atoms with van der Waals surface area (Å²) < 4.78 is 22.0. The molecular formula is C24H29NO7. The first-order chi connectivity index (χ1) is 15.5. The van der Waals surface area contributed by atoms with Crippen LogP contribution in [0.25, 0.3) is 0 Å². The molecule has 2 aromatic rings. The predicted molar refractivity (Wildman–Crippen MR) is 117 cm³/mol. The number of nitrogens with zero attached hydrogens (tertiary/aromatic N) is 1. The topological polar surface area (TPSA) is 98.4 Å². The van der Waals surface area contributed by atoms with Crippen molar-refractivity contribution in [1.82, 2.24) is 4.90 Å². The van der Waals surface area contributed by atoms with Crippen LogP contribution in [0.15, 0.2) is 52.3 Å². The summed E-state index contributed by atoms with van der Waals surface area (Å²) >= 11 is 0. The number of methoxy groups -OCH3 is 1. The molecule has 0 fully saturated rings. The van der Waals surface area contributed by atoms with Crippen LogP contribution in [0, 0.1) is 0 Å². The quantitative estimate of drug-likeness (QED) is 0.390. The molecule has 1 unspecified atom stereocenters. The summed E-state index contributed by atoms with van der Waals surface area (Å²) in [5, 5.41) is 10.6. The molecule has 1 aromatic carbocycles. The van der Waals surface area contributed by atoms with E-state index >= 15 is 0 Å². The lowest BCUT2D eigenvalue weighted by atomic mass is 9.94. The maximum Gasteiger partial charge on any atom is 0.290 e. The molecule has 3 rings (SSSR count). The van der Waals surface area contributed by atoms with Gasteiger partial charge >= 0.3 is 0 Å². The maximum absolute atomic E-state index is 13.1. The van der Waals surface area contributed by atoms with Gasteiger partial charge in [0, 0.05) is 13.7 Å². The summed E-state index contributed by atoms with van der Waals surface area (Å²) in [6.07, 6.45) is 3.28. The van der Waals surface area contributed by atoms with Crippen molar-refractivity contribution in [1.29, 1.82) is 0 Å². The van der Waals surface area contributed by atoms with E-state index in [1.54, 1.807) is 24.3 Å². The van der Waals surface area contributed by atoms with Crippen LogP contribution in [0.4, 0.5) is 0 Å². The van der Waals surface area contributed by atoms with Crippen molar-refractivity contribution in [2.45, 2.75) is 32.7 Å². The Hall–Kier alpha value is -3.26. The summed E-state index contributed by atoms with van der Waals surface area (Å²) in [4.78, 5) is 27.4. The second kappa shape index (κ2) is 10.9. The third kappa shape index (κ3) is 4.80. The van der Waals surface area contributed by atoms with Crippen molar-refractivity contribution in [3.8, 4) is 11.5 Å². The Balaban J connectivity index is 2.03. The summed E-state index contributed by atoms with van der Waals surface area (Å²) in [5.74, 6) is -0.633. The fourth-order valence-corrected chi connectivity index (χ4v) is 3.60. The molecule has 1 aromatic heterocycles. The van der Waals surface area contributed by atoms with Crippen molar-refractivity contribution in [3.05, 3.63) is 59.3 Å². The highest BCUT2D eigenvalue weighted by Gasteiger charge is 2.44. The zero-order valence-corrected chi connectivity index (χ0v) is 18.6. The molecule has 0 saturated heterocycles. The molecule has 172 valence electrons. The Kier molecular flexibility index (Phi) is 7.94. The molecule has 0 saturated carbocycles. The number of unbranched alkanes of at least 4 members (excludes halogenated alkanes) is 1. The van der Waals surface area contributed by atoms with Crippen molar-refractivity contribution in [2.24, 2.45) is 0 Å². The number of hydrogen-bond acceptors (Lipinski definition) is 7. The number of benzene rings is 1. The minimum Gasteiger partial charge on any atom is -0.503 e. The fourth-order valence-electron chi connectivity index (χ4n) is 3.60. The first kappa shape index (κ1) is 23.4. The lowest BCUT2D eigenvalue weighted by Crippen LogP contribution is -2.34. The molecule has 1 aliphatic heterocycles. The van der Waals surface area contributed by atoms with Crippen LogP contribution in [0.1, 0.15) is 48.8 Å². The van der Waals surface area contributed by atoms with E-state index in [2.05, 4.69) is 6.92 Å². The van der Waals surface area contributed by atoms with Crippen LogP contribution in [-0.2, 0) is 9.53 Å². The van der Waals surface area contributed by atoms with Crippen LogP contribution < -0.4 is 9.47 Å². The van der Waals surface area contributed by atoms with Gasteiger partial charge < -0.3 is 28.6 Å². The third-order valence-electron chi connectivity index (χ3n) is 5.17. The van der Waals surface area contributed by atoms with Gasteiger partial charge in [0.2, 0.25) is 5.78 Å². The van der Waals surface area contributed by atoms with E-state index in [4.69, 9.17) is 18.6 Å². The van der Waals surface area contributed by atoms with Crippen molar-refractivity contribution in [2.75, 3.05) is 33.5 Å². The van der Waals surface area contributed by atoms with E-state index in [0.717, 1.165) is 12.8 Å². The first-order valence-corrected chi connectivity index (χ1v) is 10.7. The Morgan fingerprint density at radius 2 is 1.97 bits per heavy atom.